The highest BCUT2D eigenvalue weighted by molar-refractivity contribution is 5.89. The molecule has 0 bridgehead atoms. The van der Waals surface area contributed by atoms with Gasteiger partial charge in [-0.05, 0) is 36.2 Å². The van der Waals surface area contributed by atoms with E-state index in [1.54, 1.807) is 0 Å². The number of benzene rings is 2. The molecule has 0 saturated carbocycles. The molecule has 3 heterocycles. The molecule has 3 aromatic heterocycles. The molecule has 0 amide bonds. The summed E-state index contributed by atoms with van der Waals surface area (Å²) in [4.78, 5) is 4.61. The fraction of sp³-hybridized carbons (Fsp3) is 0.0870. The van der Waals surface area contributed by atoms with E-state index in [2.05, 4.69) is 43.6 Å². The number of nitrogens with one attached hydrogen (secondary N) is 2. The van der Waals surface area contributed by atoms with Crippen molar-refractivity contribution in [1.82, 2.24) is 25.4 Å². The maximum Gasteiger partial charge on any atom is 0.118 e. The fourth-order valence-electron chi connectivity index (χ4n) is 3.64. The number of hydrogen-bond acceptors (Lipinski definition) is 4. The molecule has 0 radical (unpaired) electrons. The largest absolute Gasteiger partial charge is 0.319 e. The van der Waals surface area contributed by atoms with Crippen molar-refractivity contribution in [2.75, 3.05) is 0 Å². The van der Waals surface area contributed by atoms with Crippen molar-refractivity contribution in [3.8, 4) is 22.5 Å². The zero-order valence-corrected chi connectivity index (χ0v) is 15.9. The highest BCUT2D eigenvalue weighted by Gasteiger charge is 2.17. The SMILES string of the molecule is Cc1cccc(-c2n[nH]cc2-c2ccc3c(C(N)c4ccccc4)n[nH]c3c2)n1. The van der Waals surface area contributed by atoms with E-state index in [1.165, 1.54) is 0 Å². The van der Waals surface area contributed by atoms with Gasteiger partial charge in [-0.3, -0.25) is 15.2 Å². The molecule has 1 unspecified atom stereocenters. The van der Waals surface area contributed by atoms with Gasteiger partial charge in [0.1, 0.15) is 5.69 Å². The molecule has 4 N–H and O–H groups in total. The summed E-state index contributed by atoms with van der Waals surface area (Å²) in [6.45, 7) is 1.98. The Morgan fingerprint density at radius 1 is 0.931 bits per heavy atom. The van der Waals surface area contributed by atoms with Gasteiger partial charge in [-0.1, -0.05) is 48.5 Å². The molecule has 5 aromatic rings. The van der Waals surface area contributed by atoms with E-state index in [9.17, 15) is 0 Å². The summed E-state index contributed by atoms with van der Waals surface area (Å²) >= 11 is 0. The summed E-state index contributed by atoms with van der Waals surface area (Å²) in [6.07, 6.45) is 1.90. The standard InChI is InChI=1S/C23H20N6/c1-14-6-5-9-19(26-14)22-18(13-25-28-22)16-10-11-17-20(12-16)27-29-23(17)21(24)15-7-3-2-4-8-15/h2-13,21H,24H2,1H3,(H,25,28)(H,27,29). The number of nitrogens with zero attached hydrogens (tertiary/aromatic N) is 3. The summed E-state index contributed by atoms with van der Waals surface area (Å²) in [7, 11) is 0. The summed E-state index contributed by atoms with van der Waals surface area (Å²) in [5.74, 6) is 0. The van der Waals surface area contributed by atoms with Crippen LogP contribution in [0.5, 0.6) is 0 Å². The number of H-pyrrole nitrogens is 2. The van der Waals surface area contributed by atoms with Crippen LogP contribution in [0.4, 0.5) is 0 Å². The predicted molar refractivity (Wildman–Crippen MR) is 114 cm³/mol. The number of rotatable bonds is 4. The lowest BCUT2D eigenvalue weighted by atomic mass is 9.99. The third kappa shape index (κ3) is 3.09. The van der Waals surface area contributed by atoms with Crippen molar-refractivity contribution >= 4 is 10.9 Å². The van der Waals surface area contributed by atoms with Crippen molar-refractivity contribution in [3.05, 3.63) is 89.9 Å². The quantitative estimate of drug-likeness (QED) is 0.431. The normalized spacial score (nSPS) is 12.3. The Bertz CT molecular complexity index is 1290. The Morgan fingerprint density at radius 2 is 1.79 bits per heavy atom. The number of nitrogens with two attached hydrogens (primary N) is 1. The van der Waals surface area contributed by atoms with Crippen LogP contribution in [0.25, 0.3) is 33.4 Å². The maximum atomic E-state index is 6.47. The first-order valence-electron chi connectivity index (χ1n) is 9.47. The van der Waals surface area contributed by atoms with Gasteiger partial charge >= 0.3 is 0 Å². The minimum absolute atomic E-state index is 0.281. The molecular formula is C23H20N6. The van der Waals surface area contributed by atoms with Crippen LogP contribution in [0, 0.1) is 6.92 Å². The second-order valence-electron chi connectivity index (χ2n) is 7.07. The van der Waals surface area contributed by atoms with Gasteiger partial charge in [0.05, 0.1) is 22.9 Å². The topological polar surface area (TPSA) is 96.3 Å². The molecule has 0 aliphatic carbocycles. The van der Waals surface area contributed by atoms with Crippen LogP contribution in [-0.4, -0.2) is 25.4 Å². The smallest absolute Gasteiger partial charge is 0.118 e. The van der Waals surface area contributed by atoms with Crippen molar-refractivity contribution < 1.29 is 0 Å². The molecule has 0 spiro atoms. The minimum Gasteiger partial charge on any atom is -0.319 e. The van der Waals surface area contributed by atoms with E-state index >= 15 is 0 Å². The molecule has 6 heteroatoms. The molecule has 0 saturated heterocycles. The predicted octanol–water partition coefficient (Wildman–Crippen LogP) is 4.37. The highest BCUT2D eigenvalue weighted by atomic mass is 15.1. The van der Waals surface area contributed by atoms with E-state index in [0.717, 1.165) is 50.4 Å². The second-order valence-corrected chi connectivity index (χ2v) is 7.07. The number of aromatic amines is 2. The van der Waals surface area contributed by atoms with E-state index in [0.29, 0.717) is 0 Å². The molecule has 6 nitrogen and oxygen atoms in total. The monoisotopic (exact) mass is 380 g/mol. The third-order valence-electron chi connectivity index (χ3n) is 5.13. The molecule has 1 atom stereocenters. The highest BCUT2D eigenvalue weighted by Crippen LogP contribution is 2.33. The van der Waals surface area contributed by atoms with Gasteiger partial charge in [-0.2, -0.15) is 10.2 Å². The Kier molecular flexibility index (Phi) is 4.18. The van der Waals surface area contributed by atoms with Crippen LogP contribution >= 0.6 is 0 Å². The van der Waals surface area contributed by atoms with Crippen LogP contribution in [0.15, 0.2) is 72.9 Å². The number of fused-ring (bicyclic) bond motifs is 1. The van der Waals surface area contributed by atoms with Crippen LogP contribution in [-0.2, 0) is 0 Å². The lowest BCUT2D eigenvalue weighted by Crippen LogP contribution is -2.12. The van der Waals surface area contributed by atoms with Crippen molar-refractivity contribution in [2.45, 2.75) is 13.0 Å². The van der Waals surface area contributed by atoms with Crippen LogP contribution in [0.2, 0.25) is 0 Å². The molecule has 0 aliphatic rings. The molecule has 5 rings (SSSR count). The zero-order chi connectivity index (χ0) is 19.8. The van der Waals surface area contributed by atoms with Gasteiger partial charge in [-0.25, -0.2) is 0 Å². The number of aromatic nitrogens is 5. The molecule has 29 heavy (non-hydrogen) atoms. The van der Waals surface area contributed by atoms with Gasteiger partial charge < -0.3 is 5.73 Å². The van der Waals surface area contributed by atoms with Crippen molar-refractivity contribution in [2.24, 2.45) is 5.73 Å². The van der Waals surface area contributed by atoms with Crippen molar-refractivity contribution in [1.29, 1.82) is 0 Å². The Hall–Kier alpha value is -3.77. The summed E-state index contributed by atoms with van der Waals surface area (Å²) in [5.41, 5.74) is 13.9. The summed E-state index contributed by atoms with van der Waals surface area (Å²) in [6, 6.07) is 21.9. The third-order valence-corrected chi connectivity index (χ3v) is 5.13. The van der Waals surface area contributed by atoms with Gasteiger partial charge in [0.15, 0.2) is 0 Å². The molecule has 142 valence electrons. The summed E-state index contributed by atoms with van der Waals surface area (Å²) in [5, 5.41) is 16.0. The van der Waals surface area contributed by atoms with E-state index in [-0.39, 0.29) is 6.04 Å². The minimum atomic E-state index is -0.281. The van der Waals surface area contributed by atoms with Crippen LogP contribution < -0.4 is 5.73 Å². The number of aryl methyl sites for hydroxylation is 1. The van der Waals surface area contributed by atoms with E-state index in [1.807, 2.05) is 61.7 Å². The molecule has 0 fully saturated rings. The van der Waals surface area contributed by atoms with Crippen molar-refractivity contribution in [3.63, 3.8) is 0 Å². The average molecular weight is 380 g/mol. The Morgan fingerprint density at radius 3 is 2.62 bits per heavy atom. The average Bonchev–Trinajstić information content (AvgIpc) is 3.40. The number of pyridine rings is 1. The molecular weight excluding hydrogens is 360 g/mol. The Balaban J connectivity index is 1.55. The summed E-state index contributed by atoms with van der Waals surface area (Å²) < 4.78 is 0. The fourth-order valence-corrected chi connectivity index (χ4v) is 3.64. The van der Waals surface area contributed by atoms with Crippen LogP contribution in [0.1, 0.15) is 23.0 Å². The van der Waals surface area contributed by atoms with Gasteiger partial charge in [0.25, 0.3) is 0 Å². The first kappa shape index (κ1) is 17.3. The lowest BCUT2D eigenvalue weighted by Gasteiger charge is -2.09. The molecule has 0 aliphatic heterocycles. The van der Waals surface area contributed by atoms with Crippen LogP contribution in [0.3, 0.4) is 0 Å². The first-order chi connectivity index (χ1) is 14.2. The van der Waals surface area contributed by atoms with E-state index < -0.39 is 0 Å². The van der Waals surface area contributed by atoms with Gasteiger partial charge in [0, 0.05) is 22.8 Å². The zero-order valence-electron chi connectivity index (χ0n) is 15.9. The molecule has 2 aromatic carbocycles. The van der Waals surface area contributed by atoms with E-state index in [4.69, 9.17) is 5.73 Å². The first-order valence-corrected chi connectivity index (χ1v) is 9.47. The van der Waals surface area contributed by atoms with Gasteiger partial charge in [-0.15, -0.1) is 0 Å². The Labute approximate surface area is 167 Å². The maximum absolute atomic E-state index is 6.47. The number of hydrogen-bond donors (Lipinski definition) is 3. The second kappa shape index (κ2) is 7.00. The van der Waals surface area contributed by atoms with Gasteiger partial charge in [0.2, 0.25) is 0 Å². The lowest BCUT2D eigenvalue weighted by molar-refractivity contribution is 0.823.